The van der Waals surface area contributed by atoms with Gasteiger partial charge in [-0.25, -0.2) is 0 Å². The maximum atomic E-state index is 13.4. The van der Waals surface area contributed by atoms with Gasteiger partial charge < -0.3 is 10.2 Å². The summed E-state index contributed by atoms with van der Waals surface area (Å²) in [5.74, 6) is 0.284. The molecule has 0 bridgehead atoms. The molecule has 3 fully saturated rings. The molecule has 2 saturated heterocycles. The largest absolute Gasteiger partial charge is 0.328 e. The number of nitrogens with one attached hydrogen (secondary N) is 2. The maximum absolute atomic E-state index is 13.4. The first kappa shape index (κ1) is 22.2. The van der Waals surface area contributed by atoms with Crippen LogP contribution in [-0.2, 0) is 4.79 Å². The molecule has 1 saturated carbocycles. The zero-order chi connectivity index (χ0) is 22.9. The number of likely N-dealkylation sites (tertiary alicyclic amines) is 1. The van der Waals surface area contributed by atoms with E-state index in [2.05, 4.69) is 21.7 Å². The zero-order valence-corrected chi connectivity index (χ0v) is 20.0. The monoisotopic (exact) mass is 461 g/mol. The molecule has 4 aliphatic rings. The summed E-state index contributed by atoms with van der Waals surface area (Å²) in [7, 11) is 1.71. The van der Waals surface area contributed by atoms with Crippen molar-refractivity contribution in [1.29, 1.82) is 10.7 Å². The van der Waals surface area contributed by atoms with Crippen LogP contribution < -0.4 is 5.32 Å². The average Bonchev–Trinajstić information content (AvgIpc) is 3.55. The van der Waals surface area contributed by atoms with Crippen molar-refractivity contribution in [2.75, 3.05) is 20.1 Å². The number of guanidine groups is 1. The van der Waals surface area contributed by atoms with Gasteiger partial charge in [0.15, 0.2) is 0 Å². The molecule has 5 rings (SSSR count). The van der Waals surface area contributed by atoms with Crippen molar-refractivity contribution >= 4 is 29.2 Å². The summed E-state index contributed by atoms with van der Waals surface area (Å²) in [5, 5.41) is 23.0. The van der Waals surface area contributed by atoms with E-state index in [1.54, 1.807) is 18.8 Å². The van der Waals surface area contributed by atoms with E-state index in [1.165, 1.54) is 30.6 Å². The Hall–Kier alpha value is -2.56. The van der Waals surface area contributed by atoms with Crippen LogP contribution in [0, 0.1) is 28.6 Å². The van der Waals surface area contributed by atoms with Gasteiger partial charge in [-0.05, 0) is 73.4 Å². The van der Waals surface area contributed by atoms with Crippen molar-refractivity contribution < 1.29 is 4.79 Å². The molecule has 7 heteroatoms. The van der Waals surface area contributed by atoms with Gasteiger partial charge in [0.05, 0.1) is 17.6 Å². The predicted molar refractivity (Wildman–Crippen MR) is 132 cm³/mol. The van der Waals surface area contributed by atoms with Crippen LogP contribution >= 0.6 is 11.8 Å². The number of benzene rings is 1. The molecule has 1 aliphatic carbocycles. The van der Waals surface area contributed by atoms with E-state index in [-0.39, 0.29) is 17.8 Å². The summed E-state index contributed by atoms with van der Waals surface area (Å²) in [6.45, 7) is 2.14. The normalized spacial score (nSPS) is 27.6. The highest BCUT2D eigenvalue weighted by Gasteiger charge is 2.42. The number of nitriles is 1. The van der Waals surface area contributed by atoms with E-state index >= 15 is 0 Å². The number of amides is 1. The number of rotatable bonds is 3. The van der Waals surface area contributed by atoms with E-state index in [1.807, 2.05) is 24.3 Å². The second kappa shape index (κ2) is 9.36. The first-order valence-electron chi connectivity index (χ1n) is 12.0. The van der Waals surface area contributed by atoms with Crippen LogP contribution in [0.15, 0.2) is 40.3 Å². The Bertz CT molecular complexity index is 1060. The highest BCUT2D eigenvalue weighted by Crippen LogP contribution is 2.45. The fraction of sp³-hybridized carbons (Fsp3) is 0.500. The Balaban J connectivity index is 1.37. The first-order chi connectivity index (χ1) is 16.0. The number of piperidine rings is 1. The fourth-order valence-electron chi connectivity index (χ4n) is 5.82. The molecule has 3 aliphatic heterocycles. The molecule has 172 valence electrons. The Morgan fingerprint density at radius 3 is 2.67 bits per heavy atom. The van der Waals surface area contributed by atoms with Gasteiger partial charge in [0, 0.05) is 30.1 Å². The minimum Gasteiger partial charge on any atom is -0.328 e. The summed E-state index contributed by atoms with van der Waals surface area (Å²) in [5.41, 5.74) is 3.79. The lowest BCUT2D eigenvalue weighted by atomic mass is 9.79. The third kappa shape index (κ3) is 4.34. The molecular formula is C26H31N5OS. The van der Waals surface area contributed by atoms with Crippen molar-refractivity contribution in [2.24, 2.45) is 11.8 Å². The molecule has 0 radical (unpaired) electrons. The minimum atomic E-state index is -0.212. The Labute approximate surface area is 200 Å². The van der Waals surface area contributed by atoms with Crippen LogP contribution in [-0.4, -0.2) is 47.8 Å². The lowest BCUT2D eigenvalue weighted by Crippen LogP contribution is -2.55. The molecule has 0 unspecified atom stereocenters. The van der Waals surface area contributed by atoms with Gasteiger partial charge in [-0.2, -0.15) is 5.26 Å². The standard InChI is InChI=1S/C26H31N5OS/c1-30-25(32)23(18-9-11-31(12-10-18)21-7-2-3-8-21)24(29-26(30)28)22-14-20(16-33-22)19-6-4-5-17(13-19)15-27/h4-6,13,16,18,21,23H,2-3,7-12,14H2,1H3,(H2,28,29)/b24-22+/t23-/m1/s1. The van der Waals surface area contributed by atoms with Gasteiger partial charge in [0.25, 0.3) is 0 Å². The van der Waals surface area contributed by atoms with Crippen molar-refractivity contribution in [2.45, 2.75) is 51.0 Å². The Kier molecular flexibility index (Phi) is 6.31. The van der Waals surface area contributed by atoms with E-state index in [0.29, 0.717) is 11.5 Å². The van der Waals surface area contributed by atoms with Crippen LogP contribution in [0.5, 0.6) is 0 Å². The van der Waals surface area contributed by atoms with E-state index < -0.39 is 0 Å². The SMILES string of the molecule is CN1C(=N)N/C(=C2\CC(c3cccc(C#N)c3)=CS2)[C@@H](C2CCN(C3CCCC3)CC2)C1=O. The Morgan fingerprint density at radius 2 is 1.94 bits per heavy atom. The molecule has 2 N–H and O–H groups in total. The number of carbonyl (C=O) groups excluding carboxylic acids is 1. The highest BCUT2D eigenvalue weighted by molar-refractivity contribution is 8.06. The lowest BCUT2D eigenvalue weighted by Gasteiger charge is -2.42. The second-order valence-electron chi connectivity index (χ2n) is 9.63. The number of hydrogen-bond donors (Lipinski definition) is 2. The molecular weight excluding hydrogens is 430 g/mol. The molecule has 3 heterocycles. The Morgan fingerprint density at radius 1 is 1.18 bits per heavy atom. The number of carbonyl (C=O) groups is 1. The van der Waals surface area contributed by atoms with Gasteiger partial charge in [0.2, 0.25) is 11.9 Å². The van der Waals surface area contributed by atoms with Crippen molar-refractivity contribution in [3.63, 3.8) is 0 Å². The molecule has 1 aromatic rings. The fourth-order valence-corrected chi connectivity index (χ4v) is 6.86. The van der Waals surface area contributed by atoms with Crippen LogP contribution in [0.1, 0.15) is 56.1 Å². The van der Waals surface area contributed by atoms with E-state index in [0.717, 1.165) is 60.1 Å². The van der Waals surface area contributed by atoms with Gasteiger partial charge in [-0.3, -0.25) is 15.1 Å². The summed E-state index contributed by atoms with van der Waals surface area (Å²) < 4.78 is 0. The number of hydrogen-bond acceptors (Lipinski definition) is 5. The molecule has 1 amide bonds. The second-order valence-corrected chi connectivity index (χ2v) is 10.6. The van der Waals surface area contributed by atoms with E-state index in [4.69, 9.17) is 5.41 Å². The van der Waals surface area contributed by atoms with Gasteiger partial charge in [-0.15, -0.1) is 11.8 Å². The van der Waals surface area contributed by atoms with Crippen LogP contribution in [0.4, 0.5) is 0 Å². The average molecular weight is 462 g/mol. The summed E-state index contributed by atoms with van der Waals surface area (Å²) in [6, 6.07) is 10.6. The van der Waals surface area contributed by atoms with E-state index in [9.17, 15) is 10.1 Å². The number of nitrogens with zero attached hydrogens (tertiary/aromatic N) is 3. The molecule has 0 aromatic heterocycles. The van der Waals surface area contributed by atoms with Gasteiger partial charge in [0.1, 0.15) is 0 Å². The summed E-state index contributed by atoms with van der Waals surface area (Å²) in [6.07, 6.45) is 8.13. The van der Waals surface area contributed by atoms with Crippen LogP contribution in [0.2, 0.25) is 0 Å². The van der Waals surface area contributed by atoms with Crippen molar-refractivity contribution in [3.8, 4) is 6.07 Å². The topological polar surface area (TPSA) is 83.2 Å². The number of allylic oxidation sites excluding steroid dienone is 2. The first-order valence-corrected chi connectivity index (χ1v) is 12.9. The summed E-state index contributed by atoms with van der Waals surface area (Å²) >= 11 is 1.65. The maximum Gasteiger partial charge on any atom is 0.238 e. The minimum absolute atomic E-state index is 0.0427. The molecule has 1 atom stereocenters. The van der Waals surface area contributed by atoms with Crippen molar-refractivity contribution in [1.82, 2.24) is 15.1 Å². The van der Waals surface area contributed by atoms with Crippen LogP contribution in [0.3, 0.4) is 0 Å². The van der Waals surface area contributed by atoms with Gasteiger partial charge in [-0.1, -0.05) is 25.0 Å². The molecule has 6 nitrogen and oxygen atoms in total. The zero-order valence-electron chi connectivity index (χ0n) is 19.1. The lowest BCUT2D eigenvalue weighted by molar-refractivity contribution is -0.132. The molecule has 0 spiro atoms. The quantitative estimate of drug-likeness (QED) is 0.692. The van der Waals surface area contributed by atoms with Crippen LogP contribution in [0.25, 0.3) is 5.57 Å². The molecule has 33 heavy (non-hydrogen) atoms. The molecule has 1 aromatic carbocycles. The third-order valence-electron chi connectivity index (χ3n) is 7.74. The van der Waals surface area contributed by atoms with Crippen molar-refractivity contribution in [3.05, 3.63) is 51.4 Å². The predicted octanol–water partition coefficient (Wildman–Crippen LogP) is 4.51. The third-order valence-corrected chi connectivity index (χ3v) is 8.79. The van der Waals surface area contributed by atoms with Gasteiger partial charge >= 0.3 is 0 Å². The number of thioether (sulfide) groups is 1. The highest BCUT2D eigenvalue weighted by atomic mass is 32.2. The smallest absolute Gasteiger partial charge is 0.238 e. The summed E-state index contributed by atoms with van der Waals surface area (Å²) in [4.78, 5) is 18.7.